The fourth-order valence-corrected chi connectivity index (χ4v) is 2.41. The summed E-state index contributed by atoms with van der Waals surface area (Å²) in [7, 11) is 4.25. The van der Waals surface area contributed by atoms with Crippen molar-refractivity contribution in [2.45, 2.75) is 13.3 Å². The van der Waals surface area contributed by atoms with E-state index >= 15 is 0 Å². The lowest BCUT2D eigenvalue weighted by Gasteiger charge is -2.19. The van der Waals surface area contributed by atoms with Crippen LogP contribution in [0.3, 0.4) is 0 Å². The van der Waals surface area contributed by atoms with Crippen molar-refractivity contribution in [3.8, 4) is 17.2 Å². The third-order valence-corrected chi connectivity index (χ3v) is 3.45. The molecule has 1 aliphatic heterocycles. The number of benzene rings is 1. The smallest absolute Gasteiger partial charge is 0.299 e. The van der Waals surface area contributed by atoms with Gasteiger partial charge in [-0.3, -0.25) is 14.4 Å². The van der Waals surface area contributed by atoms with Gasteiger partial charge in [0.15, 0.2) is 11.5 Å². The summed E-state index contributed by atoms with van der Waals surface area (Å²) in [5.41, 5.74) is 0.499. The van der Waals surface area contributed by atoms with Gasteiger partial charge >= 0.3 is 0 Å². The Morgan fingerprint density at radius 1 is 1.09 bits per heavy atom. The second kappa shape index (κ2) is 6.05. The molecule has 0 atom stereocenters. The average molecular weight is 307 g/mol. The van der Waals surface area contributed by atoms with Crippen molar-refractivity contribution >= 4 is 23.2 Å². The van der Waals surface area contributed by atoms with E-state index in [1.54, 1.807) is 6.07 Å². The number of rotatable bonds is 6. The van der Waals surface area contributed by atoms with Gasteiger partial charge in [0.05, 0.1) is 32.6 Å². The third-order valence-electron chi connectivity index (χ3n) is 3.45. The lowest BCUT2D eigenvalue weighted by atomic mass is 10.1. The highest BCUT2D eigenvalue weighted by atomic mass is 16.5. The van der Waals surface area contributed by atoms with Gasteiger partial charge in [0.1, 0.15) is 5.78 Å². The number of fused-ring (bicyclic) bond motifs is 1. The van der Waals surface area contributed by atoms with Crippen molar-refractivity contribution < 1.29 is 28.6 Å². The van der Waals surface area contributed by atoms with E-state index < -0.39 is 11.7 Å². The summed E-state index contributed by atoms with van der Waals surface area (Å²) in [6.45, 7) is 1.56. The Morgan fingerprint density at radius 3 is 2.23 bits per heavy atom. The summed E-state index contributed by atoms with van der Waals surface area (Å²) < 4.78 is 15.7. The van der Waals surface area contributed by atoms with Crippen LogP contribution in [-0.2, 0) is 9.59 Å². The molecule has 0 aliphatic carbocycles. The normalized spacial score (nSPS) is 13.2. The van der Waals surface area contributed by atoms with Crippen LogP contribution in [0.1, 0.15) is 23.7 Å². The Labute approximate surface area is 127 Å². The highest BCUT2D eigenvalue weighted by Gasteiger charge is 2.41. The van der Waals surface area contributed by atoms with Crippen LogP contribution in [0.5, 0.6) is 17.2 Å². The van der Waals surface area contributed by atoms with Gasteiger partial charge in [-0.2, -0.15) is 0 Å². The van der Waals surface area contributed by atoms with E-state index in [2.05, 4.69) is 0 Å². The molecule has 2 rings (SSSR count). The molecule has 0 unspecified atom stereocenters. The van der Waals surface area contributed by atoms with Crippen molar-refractivity contribution in [3.63, 3.8) is 0 Å². The molecule has 0 aromatic heterocycles. The topological polar surface area (TPSA) is 82.1 Å². The van der Waals surface area contributed by atoms with Crippen LogP contribution < -0.4 is 19.1 Å². The Hall–Kier alpha value is -2.57. The van der Waals surface area contributed by atoms with E-state index in [1.165, 1.54) is 33.2 Å². The average Bonchev–Trinajstić information content (AvgIpc) is 2.74. The quantitative estimate of drug-likeness (QED) is 0.735. The summed E-state index contributed by atoms with van der Waals surface area (Å²) in [6, 6.07) is 1.54. The first-order valence-corrected chi connectivity index (χ1v) is 6.64. The highest BCUT2D eigenvalue weighted by molar-refractivity contribution is 6.53. The van der Waals surface area contributed by atoms with E-state index in [0.29, 0.717) is 11.4 Å². The Balaban J connectivity index is 2.61. The van der Waals surface area contributed by atoms with Crippen molar-refractivity contribution in [1.82, 2.24) is 0 Å². The zero-order valence-corrected chi connectivity index (χ0v) is 12.9. The number of methoxy groups -OCH3 is 3. The van der Waals surface area contributed by atoms with Gasteiger partial charge in [-0.1, -0.05) is 0 Å². The molecular weight excluding hydrogens is 290 g/mol. The molecule has 1 aromatic rings. The van der Waals surface area contributed by atoms with Crippen molar-refractivity contribution in [3.05, 3.63) is 11.6 Å². The predicted octanol–water partition coefficient (Wildman–Crippen LogP) is 1.22. The van der Waals surface area contributed by atoms with Crippen LogP contribution in [0.15, 0.2) is 6.07 Å². The summed E-state index contributed by atoms with van der Waals surface area (Å²) >= 11 is 0. The van der Waals surface area contributed by atoms with E-state index in [-0.39, 0.29) is 35.8 Å². The largest absolute Gasteiger partial charge is 0.493 e. The predicted molar refractivity (Wildman–Crippen MR) is 78.1 cm³/mol. The number of ketones is 2. The Bertz CT molecular complexity index is 652. The number of carbonyl (C=O) groups excluding carboxylic acids is 3. The first-order valence-electron chi connectivity index (χ1n) is 6.64. The number of nitrogens with zero attached hydrogens (tertiary/aromatic N) is 1. The first kappa shape index (κ1) is 15.8. The summed E-state index contributed by atoms with van der Waals surface area (Å²) in [6.07, 6.45) is 0.162. The van der Waals surface area contributed by atoms with Gasteiger partial charge in [0.2, 0.25) is 5.75 Å². The van der Waals surface area contributed by atoms with Gasteiger partial charge < -0.3 is 19.1 Å². The van der Waals surface area contributed by atoms with Crippen LogP contribution in [-0.4, -0.2) is 45.3 Å². The fraction of sp³-hybridized carbons (Fsp3) is 0.400. The van der Waals surface area contributed by atoms with Gasteiger partial charge in [0.25, 0.3) is 11.7 Å². The van der Waals surface area contributed by atoms with E-state index in [9.17, 15) is 14.4 Å². The summed E-state index contributed by atoms with van der Waals surface area (Å²) in [5, 5.41) is 0. The zero-order valence-electron chi connectivity index (χ0n) is 12.9. The summed E-state index contributed by atoms with van der Waals surface area (Å²) in [5.74, 6) is -0.699. The van der Waals surface area contributed by atoms with E-state index in [1.807, 2.05) is 0 Å². The van der Waals surface area contributed by atoms with Gasteiger partial charge in [-0.15, -0.1) is 0 Å². The molecule has 1 heterocycles. The minimum atomic E-state index is -0.690. The molecule has 0 N–H and O–H groups in total. The molecule has 118 valence electrons. The Kier molecular flexibility index (Phi) is 4.35. The maximum Gasteiger partial charge on any atom is 0.299 e. The molecule has 0 radical (unpaired) electrons. The minimum absolute atomic E-state index is 0.0684. The molecule has 7 heteroatoms. The number of hydrogen-bond acceptors (Lipinski definition) is 6. The van der Waals surface area contributed by atoms with Crippen molar-refractivity contribution in [1.29, 1.82) is 0 Å². The number of amides is 1. The van der Waals surface area contributed by atoms with Crippen LogP contribution in [0.2, 0.25) is 0 Å². The second-order valence-corrected chi connectivity index (χ2v) is 4.78. The van der Waals surface area contributed by atoms with Crippen LogP contribution in [0.4, 0.5) is 5.69 Å². The van der Waals surface area contributed by atoms with Crippen molar-refractivity contribution in [2.24, 2.45) is 0 Å². The maximum absolute atomic E-state index is 12.2. The molecular formula is C15H17NO6. The molecule has 0 fully saturated rings. The van der Waals surface area contributed by atoms with E-state index in [4.69, 9.17) is 14.2 Å². The maximum atomic E-state index is 12.2. The SMILES string of the molecule is COc1cc2c(c(OC)c1OC)C(=O)C(=O)N2CCC(C)=O. The number of hydrogen-bond donors (Lipinski definition) is 0. The number of Topliss-reactive ketones (excluding diaryl/α,β-unsaturated/α-hetero) is 2. The van der Waals surface area contributed by atoms with E-state index in [0.717, 1.165) is 0 Å². The molecule has 0 saturated carbocycles. The zero-order chi connectivity index (χ0) is 16.4. The summed E-state index contributed by atoms with van der Waals surface area (Å²) in [4.78, 5) is 36.8. The number of carbonyl (C=O) groups is 3. The number of anilines is 1. The molecule has 1 aromatic carbocycles. The lowest BCUT2D eigenvalue weighted by Crippen LogP contribution is -2.31. The lowest BCUT2D eigenvalue weighted by molar-refractivity contribution is -0.117. The molecule has 7 nitrogen and oxygen atoms in total. The molecule has 0 bridgehead atoms. The van der Waals surface area contributed by atoms with Gasteiger partial charge in [-0.25, -0.2) is 0 Å². The molecule has 0 spiro atoms. The molecule has 22 heavy (non-hydrogen) atoms. The van der Waals surface area contributed by atoms with Crippen molar-refractivity contribution in [2.75, 3.05) is 32.8 Å². The highest BCUT2D eigenvalue weighted by Crippen LogP contribution is 2.47. The minimum Gasteiger partial charge on any atom is -0.493 e. The Morgan fingerprint density at radius 2 is 1.73 bits per heavy atom. The fourth-order valence-electron chi connectivity index (χ4n) is 2.41. The van der Waals surface area contributed by atoms with Crippen LogP contribution in [0, 0.1) is 0 Å². The van der Waals surface area contributed by atoms with Gasteiger partial charge in [0, 0.05) is 19.0 Å². The molecule has 1 amide bonds. The molecule has 0 saturated heterocycles. The van der Waals surface area contributed by atoms with Crippen LogP contribution in [0.25, 0.3) is 0 Å². The number of ether oxygens (including phenoxy) is 3. The first-order chi connectivity index (χ1) is 10.5. The standard InChI is InChI=1S/C15H17NO6/c1-8(17)5-6-16-9-7-10(20-2)13(21-3)14(22-4)11(9)12(18)15(16)19/h7H,5-6H2,1-4H3. The molecule has 1 aliphatic rings. The van der Waals surface area contributed by atoms with Gasteiger partial charge in [-0.05, 0) is 6.92 Å². The third kappa shape index (κ3) is 2.38. The monoisotopic (exact) mass is 307 g/mol. The van der Waals surface area contributed by atoms with Crippen LogP contribution >= 0.6 is 0 Å². The second-order valence-electron chi connectivity index (χ2n) is 4.78.